The lowest BCUT2D eigenvalue weighted by Gasteiger charge is -2.21. The van der Waals surface area contributed by atoms with Crippen molar-refractivity contribution in [1.82, 2.24) is 0 Å². The van der Waals surface area contributed by atoms with Gasteiger partial charge in [0, 0.05) is 11.7 Å². The molecule has 0 aliphatic heterocycles. The zero-order chi connectivity index (χ0) is 16.0. The Morgan fingerprint density at radius 3 is 2.57 bits per heavy atom. The molecular weight excluding hydrogens is 268 g/mol. The molecule has 1 unspecified atom stereocenters. The Morgan fingerprint density at radius 1 is 1.38 bits per heavy atom. The molecule has 0 spiro atoms. The summed E-state index contributed by atoms with van der Waals surface area (Å²) in [6, 6.07) is 5.64. The highest BCUT2D eigenvalue weighted by Gasteiger charge is 2.17. The highest BCUT2D eigenvalue weighted by molar-refractivity contribution is 5.86. The number of carbonyl (C=O) groups is 1. The van der Waals surface area contributed by atoms with Crippen molar-refractivity contribution in [2.45, 2.75) is 52.2 Å². The molecule has 0 aliphatic rings. The van der Waals surface area contributed by atoms with E-state index in [2.05, 4.69) is 5.32 Å². The zero-order valence-electron chi connectivity index (χ0n) is 13.5. The van der Waals surface area contributed by atoms with Gasteiger partial charge in [-0.05, 0) is 64.3 Å². The lowest BCUT2D eigenvalue weighted by atomic mass is 10.0. The number of methoxy groups -OCH3 is 1. The van der Waals surface area contributed by atoms with Crippen LogP contribution in [0.1, 0.15) is 39.7 Å². The van der Waals surface area contributed by atoms with E-state index in [1.165, 1.54) is 0 Å². The Kier molecular flexibility index (Phi) is 6.03. The maximum Gasteiger partial charge on any atom is 0.412 e. The van der Waals surface area contributed by atoms with Crippen LogP contribution in [-0.2, 0) is 11.2 Å². The molecule has 5 nitrogen and oxygen atoms in total. The minimum atomic E-state index is -0.525. The zero-order valence-corrected chi connectivity index (χ0v) is 13.5. The van der Waals surface area contributed by atoms with Gasteiger partial charge in [0.05, 0.1) is 7.11 Å². The fourth-order valence-corrected chi connectivity index (χ4v) is 1.82. The van der Waals surface area contributed by atoms with Gasteiger partial charge in [0.25, 0.3) is 0 Å². The maximum atomic E-state index is 11.9. The number of carbonyl (C=O) groups excluding carboxylic acids is 1. The van der Waals surface area contributed by atoms with Crippen LogP contribution in [0.3, 0.4) is 0 Å². The van der Waals surface area contributed by atoms with E-state index in [9.17, 15) is 4.79 Å². The fourth-order valence-electron chi connectivity index (χ4n) is 1.82. The van der Waals surface area contributed by atoms with E-state index in [0.29, 0.717) is 0 Å². The van der Waals surface area contributed by atoms with E-state index in [1.807, 2.05) is 45.9 Å². The largest absolute Gasteiger partial charge is 0.497 e. The van der Waals surface area contributed by atoms with Gasteiger partial charge in [0.2, 0.25) is 0 Å². The minimum Gasteiger partial charge on any atom is -0.497 e. The number of aryl methyl sites for hydroxylation is 1. The predicted octanol–water partition coefficient (Wildman–Crippen LogP) is 3.32. The molecule has 1 rings (SSSR count). The third-order valence-electron chi connectivity index (χ3n) is 2.82. The topological polar surface area (TPSA) is 73.6 Å². The lowest BCUT2D eigenvalue weighted by molar-refractivity contribution is 0.0636. The quantitative estimate of drug-likeness (QED) is 0.873. The molecule has 0 radical (unpaired) electrons. The van der Waals surface area contributed by atoms with Crippen LogP contribution >= 0.6 is 0 Å². The van der Waals surface area contributed by atoms with Crippen molar-refractivity contribution < 1.29 is 14.3 Å². The lowest BCUT2D eigenvalue weighted by Crippen LogP contribution is -2.27. The molecule has 0 saturated carbocycles. The van der Waals surface area contributed by atoms with Gasteiger partial charge >= 0.3 is 6.09 Å². The molecule has 1 aromatic rings. The summed E-state index contributed by atoms with van der Waals surface area (Å²) < 4.78 is 10.5. The molecule has 0 bridgehead atoms. The first-order valence-electron chi connectivity index (χ1n) is 7.14. The number of hydrogen-bond donors (Lipinski definition) is 2. The molecule has 0 aliphatic carbocycles. The molecule has 1 aromatic carbocycles. The Balaban J connectivity index is 2.86. The van der Waals surface area contributed by atoms with Crippen molar-refractivity contribution >= 4 is 11.8 Å². The Hall–Kier alpha value is -1.75. The summed E-state index contributed by atoms with van der Waals surface area (Å²) in [5.74, 6) is 0.754. The van der Waals surface area contributed by atoms with Gasteiger partial charge < -0.3 is 15.2 Å². The van der Waals surface area contributed by atoms with Gasteiger partial charge in [-0.3, -0.25) is 5.32 Å². The predicted molar refractivity (Wildman–Crippen MR) is 84.8 cm³/mol. The average Bonchev–Trinajstić information content (AvgIpc) is 2.35. The van der Waals surface area contributed by atoms with Gasteiger partial charge in [-0.15, -0.1) is 0 Å². The van der Waals surface area contributed by atoms with Crippen LogP contribution in [0, 0.1) is 0 Å². The van der Waals surface area contributed by atoms with Crippen LogP contribution in [0.5, 0.6) is 5.75 Å². The number of ether oxygens (including phenoxy) is 2. The average molecular weight is 294 g/mol. The molecule has 0 aromatic heterocycles. The van der Waals surface area contributed by atoms with Crippen molar-refractivity contribution in [2.75, 3.05) is 12.4 Å². The molecule has 0 saturated heterocycles. The number of hydrogen-bond acceptors (Lipinski definition) is 4. The molecule has 3 N–H and O–H groups in total. The van der Waals surface area contributed by atoms with Crippen LogP contribution in [0.2, 0.25) is 0 Å². The molecule has 0 heterocycles. The van der Waals surface area contributed by atoms with Crippen LogP contribution in [-0.4, -0.2) is 24.8 Å². The third-order valence-corrected chi connectivity index (χ3v) is 2.82. The standard InChI is InChI=1S/C16H26N2O3/c1-11(17)6-7-12-10-13(20-5)8-9-14(12)18-15(19)21-16(2,3)4/h8-11H,6-7,17H2,1-5H3,(H,18,19). The van der Waals surface area contributed by atoms with Crippen LogP contribution in [0.25, 0.3) is 0 Å². The highest BCUT2D eigenvalue weighted by atomic mass is 16.6. The second-order valence-corrected chi connectivity index (χ2v) is 6.17. The van der Waals surface area contributed by atoms with E-state index < -0.39 is 11.7 Å². The second-order valence-electron chi connectivity index (χ2n) is 6.17. The second kappa shape index (κ2) is 7.31. The van der Waals surface area contributed by atoms with E-state index in [0.717, 1.165) is 29.8 Å². The molecule has 1 amide bonds. The van der Waals surface area contributed by atoms with E-state index in [4.69, 9.17) is 15.2 Å². The maximum absolute atomic E-state index is 11.9. The van der Waals surface area contributed by atoms with Gasteiger partial charge in [-0.1, -0.05) is 0 Å². The SMILES string of the molecule is COc1ccc(NC(=O)OC(C)(C)C)c(CCC(C)N)c1. The number of benzene rings is 1. The van der Waals surface area contributed by atoms with Crippen LogP contribution in [0.15, 0.2) is 18.2 Å². The molecule has 21 heavy (non-hydrogen) atoms. The third kappa shape index (κ3) is 6.49. The summed E-state index contributed by atoms with van der Waals surface area (Å²) in [7, 11) is 1.62. The van der Waals surface area contributed by atoms with Gasteiger partial charge in [-0.2, -0.15) is 0 Å². The van der Waals surface area contributed by atoms with Crippen molar-refractivity contribution in [3.05, 3.63) is 23.8 Å². The minimum absolute atomic E-state index is 0.102. The van der Waals surface area contributed by atoms with Crippen molar-refractivity contribution in [3.63, 3.8) is 0 Å². The summed E-state index contributed by atoms with van der Waals surface area (Å²) in [5, 5.41) is 2.78. The van der Waals surface area contributed by atoms with Gasteiger partial charge in [0.15, 0.2) is 0 Å². The summed E-state index contributed by atoms with van der Waals surface area (Å²) in [4.78, 5) is 11.9. The Morgan fingerprint density at radius 2 is 2.05 bits per heavy atom. The number of nitrogens with two attached hydrogens (primary N) is 1. The number of rotatable bonds is 5. The van der Waals surface area contributed by atoms with Gasteiger partial charge in [-0.25, -0.2) is 4.79 Å². The molecule has 118 valence electrons. The van der Waals surface area contributed by atoms with Crippen molar-refractivity contribution in [1.29, 1.82) is 0 Å². The summed E-state index contributed by atoms with van der Waals surface area (Å²) >= 11 is 0. The smallest absolute Gasteiger partial charge is 0.412 e. The molecule has 5 heteroatoms. The first-order valence-corrected chi connectivity index (χ1v) is 7.14. The first-order chi connectivity index (χ1) is 9.71. The first kappa shape index (κ1) is 17.3. The van der Waals surface area contributed by atoms with Crippen molar-refractivity contribution in [3.8, 4) is 5.75 Å². The summed E-state index contributed by atoms with van der Waals surface area (Å²) in [6.45, 7) is 7.45. The molecule has 0 fully saturated rings. The summed E-state index contributed by atoms with van der Waals surface area (Å²) in [5.41, 5.74) is 6.99. The van der Waals surface area contributed by atoms with Gasteiger partial charge in [0.1, 0.15) is 11.4 Å². The summed E-state index contributed by atoms with van der Waals surface area (Å²) in [6.07, 6.45) is 1.13. The van der Waals surface area contributed by atoms with E-state index in [1.54, 1.807) is 7.11 Å². The number of anilines is 1. The van der Waals surface area contributed by atoms with E-state index in [-0.39, 0.29) is 6.04 Å². The molecule has 1 atom stereocenters. The Labute approximate surface area is 126 Å². The van der Waals surface area contributed by atoms with E-state index >= 15 is 0 Å². The monoisotopic (exact) mass is 294 g/mol. The highest BCUT2D eigenvalue weighted by Crippen LogP contribution is 2.24. The fraction of sp³-hybridized carbons (Fsp3) is 0.562. The van der Waals surface area contributed by atoms with Crippen LogP contribution < -0.4 is 15.8 Å². The molecular formula is C16H26N2O3. The normalized spacial score (nSPS) is 12.7. The van der Waals surface area contributed by atoms with Crippen molar-refractivity contribution in [2.24, 2.45) is 5.73 Å². The number of amides is 1. The van der Waals surface area contributed by atoms with Crippen LogP contribution in [0.4, 0.5) is 10.5 Å². The number of nitrogens with one attached hydrogen (secondary N) is 1. The Bertz CT molecular complexity index is 479.